The molecule has 1 saturated carbocycles. The van der Waals surface area contributed by atoms with Gasteiger partial charge in [-0.2, -0.15) is 0 Å². The number of benzene rings is 1. The highest BCUT2D eigenvalue weighted by molar-refractivity contribution is 6.31. The predicted octanol–water partition coefficient (Wildman–Crippen LogP) is 3.92. The minimum atomic E-state index is -0.504. The van der Waals surface area contributed by atoms with Gasteiger partial charge in [0.25, 0.3) is 0 Å². The number of carbonyl (C=O) groups excluding carboxylic acids is 2. The molecule has 5 heteroatoms. The van der Waals surface area contributed by atoms with Crippen LogP contribution < -0.4 is 5.32 Å². The highest BCUT2D eigenvalue weighted by atomic mass is 35.5. The van der Waals surface area contributed by atoms with Gasteiger partial charge in [0, 0.05) is 24.0 Å². The molecule has 1 fully saturated rings. The first kappa shape index (κ1) is 18.8. The summed E-state index contributed by atoms with van der Waals surface area (Å²) in [6.07, 6.45) is 6.00. The van der Waals surface area contributed by atoms with E-state index >= 15 is 0 Å². The van der Waals surface area contributed by atoms with E-state index in [1.165, 1.54) is 6.42 Å². The molecule has 0 aromatic heterocycles. The molecule has 0 saturated heterocycles. The molecule has 0 spiro atoms. The van der Waals surface area contributed by atoms with Crippen LogP contribution in [0.2, 0.25) is 5.02 Å². The summed E-state index contributed by atoms with van der Waals surface area (Å²) in [5, 5.41) is 3.73. The molecule has 1 aromatic rings. The molecule has 4 nitrogen and oxygen atoms in total. The molecule has 0 radical (unpaired) electrons. The van der Waals surface area contributed by atoms with Gasteiger partial charge in [0.2, 0.25) is 11.8 Å². The lowest BCUT2D eigenvalue weighted by molar-refractivity contribution is -0.140. The number of nitrogens with one attached hydrogen (secondary N) is 1. The predicted molar refractivity (Wildman–Crippen MR) is 96.8 cm³/mol. The largest absolute Gasteiger partial charge is 0.352 e. The zero-order chi connectivity index (χ0) is 17.5. The molecule has 0 bridgehead atoms. The highest BCUT2D eigenvalue weighted by Gasteiger charge is 2.27. The van der Waals surface area contributed by atoms with Gasteiger partial charge in [-0.3, -0.25) is 9.59 Å². The lowest BCUT2D eigenvalue weighted by atomic mass is 9.95. The van der Waals surface area contributed by atoms with Crippen molar-refractivity contribution in [2.45, 2.75) is 71.0 Å². The van der Waals surface area contributed by atoms with Crippen LogP contribution in [0.1, 0.15) is 57.9 Å². The van der Waals surface area contributed by atoms with Gasteiger partial charge >= 0.3 is 0 Å². The van der Waals surface area contributed by atoms with E-state index in [9.17, 15) is 9.59 Å². The van der Waals surface area contributed by atoms with Gasteiger partial charge in [-0.15, -0.1) is 0 Å². The van der Waals surface area contributed by atoms with Gasteiger partial charge in [0.1, 0.15) is 6.04 Å². The number of amides is 2. The fraction of sp³-hybridized carbons (Fsp3) is 0.579. The van der Waals surface area contributed by atoms with Gasteiger partial charge in [-0.05, 0) is 31.4 Å². The molecule has 2 rings (SSSR count). The Labute approximate surface area is 149 Å². The van der Waals surface area contributed by atoms with E-state index in [4.69, 9.17) is 11.6 Å². The van der Waals surface area contributed by atoms with E-state index in [1.54, 1.807) is 17.9 Å². The molecule has 1 aliphatic rings. The first-order chi connectivity index (χ1) is 11.5. The average molecular weight is 351 g/mol. The lowest BCUT2D eigenvalue weighted by Gasteiger charge is -2.31. The van der Waals surface area contributed by atoms with Crippen LogP contribution in [-0.2, 0) is 16.1 Å². The summed E-state index contributed by atoms with van der Waals surface area (Å²) in [5.74, 6) is -0.114. The number of halogens is 1. The molecule has 132 valence electrons. The minimum Gasteiger partial charge on any atom is -0.352 e. The summed E-state index contributed by atoms with van der Waals surface area (Å²) < 4.78 is 0. The number of hydrogen-bond donors (Lipinski definition) is 1. The van der Waals surface area contributed by atoms with Crippen molar-refractivity contribution in [2.24, 2.45) is 0 Å². The SMILES string of the molecule is CCC(=O)N(Cc1ccccc1Cl)C(C)C(=O)NC1CCCCC1. The maximum atomic E-state index is 12.6. The molecule has 0 heterocycles. The van der Waals surface area contributed by atoms with Crippen molar-refractivity contribution < 1.29 is 9.59 Å². The van der Waals surface area contributed by atoms with Crippen molar-refractivity contribution in [1.82, 2.24) is 10.2 Å². The van der Waals surface area contributed by atoms with Crippen LogP contribution in [-0.4, -0.2) is 28.8 Å². The fourth-order valence-electron chi connectivity index (χ4n) is 3.16. The zero-order valence-corrected chi connectivity index (χ0v) is 15.3. The molecule has 1 N–H and O–H groups in total. The van der Waals surface area contributed by atoms with E-state index in [2.05, 4.69) is 5.32 Å². The molecular weight excluding hydrogens is 324 g/mol. The lowest BCUT2D eigenvalue weighted by Crippen LogP contribution is -2.50. The average Bonchev–Trinajstić information content (AvgIpc) is 2.60. The molecular formula is C19H27ClN2O2. The molecule has 1 unspecified atom stereocenters. The highest BCUT2D eigenvalue weighted by Crippen LogP contribution is 2.20. The third-order valence-corrected chi connectivity index (χ3v) is 5.09. The third kappa shape index (κ3) is 4.97. The Kier molecular flexibility index (Phi) is 7.10. The van der Waals surface area contributed by atoms with Crippen LogP contribution in [0.3, 0.4) is 0 Å². The summed E-state index contributed by atoms with van der Waals surface area (Å²) in [6.45, 7) is 3.96. The molecule has 1 aromatic carbocycles. The first-order valence-electron chi connectivity index (χ1n) is 8.86. The molecule has 1 atom stereocenters. The van der Waals surface area contributed by atoms with Crippen molar-refractivity contribution in [1.29, 1.82) is 0 Å². The number of nitrogens with zero attached hydrogens (tertiary/aromatic N) is 1. The monoisotopic (exact) mass is 350 g/mol. The Bertz CT molecular complexity index is 570. The number of carbonyl (C=O) groups is 2. The van der Waals surface area contributed by atoms with Gasteiger partial charge in [0.05, 0.1) is 0 Å². The first-order valence-corrected chi connectivity index (χ1v) is 9.24. The Morgan fingerprint density at radius 3 is 2.54 bits per heavy atom. The summed E-state index contributed by atoms with van der Waals surface area (Å²) >= 11 is 6.22. The Hall–Kier alpha value is -1.55. The summed E-state index contributed by atoms with van der Waals surface area (Å²) in [4.78, 5) is 26.6. The Balaban J connectivity index is 2.06. The Morgan fingerprint density at radius 1 is 1.25 bits per heavy atom. The maximum absolute atomic E-state index is 12.6. The summed E-state index contributed by atoms with van der Waals surface area (Å²) in [6, 6.07) is 7.19. The van der Waals surface area contributed by atoms with Crippen molar-refractivity contribution in [2.75, 3.05) is 0 Å². The second-order valence-electron chi connectivity index (χ2n) is 6.49. The molecule has 24 heavy (non-hydrogen) atoms. The smallest absolute Gasteiger partial charge is 0.242 e. The normalized spacial score (nSPS) is 16.5. The van der Waals surface area contributed by atoms with Crippen molar-refractivity contribution in [3.63, 3.8) is 0 Å². The van der Waals surface area contributed by atoms with E-state index in [0.717, 1.165) is 31.2 Å². The Morgan fingerprint density at radius 2 is 1.92 bits per heavy atom. The quantitative estimate of drug-likeness (QED) is 0.845. The standard InChI is InChI=1S/C19H27ClN2O2/c1-3-18(23)22(13-15-9-7-8-12-17(15)20)14(2)19(24)21-16-10-5-4-6-11-16/h7-9,12,14,16H,3-6,10-11,13H2,1-2H3,(H,21,24). The van der Waals surface area contributed by atoms with Crippen LogP contribution in [0.4, 0.5) is 0 Å². The van der Waals surface area contributed by atoms with Gasteiger partial charge in [-0.25, -0.2) is 0 Å². The van der Waals surface area contributed by atoms with Crippen LogP contribution >= 0.6 is 11.6 Å². The van der Waals surface area contributed by atoms with E-state index in [0.29, 0.717) is 18.0 Å². The maximum Gasteiger partial charge on any atom is 0.242 e. The van der Waals surface area contributed by atoms with Crippen LogP contribution in [0.25, 0.3) is 0 Å². The summed E-state index contributed by atoms with van der Waals surface area (Å²) in [7, 11) is 0. The van der Waals surface area contributed by atoms with Crippen molar-refractivity contribution in [3.8, 4) is 0 Å². The fourth-order valence-corrected chi connectivity index (χ4v) is 3.36. The van der Waals surface area contributed by atoms with E-state index in [-0.39, 0.29) is 17.9 Å². The summed E-state index contributed by atoms with van der Waals surface area (Å²) in [5.41, 5.74) is 0.860. The van der Waals surface area contributed by atoms with E-state index < -0.39 is 6.04 Å². The van der Waals surface area contributed by atoms with Crippen LogP contribution in [0, 0.1) is 0 Å². The minimum absolute atomic E-state index is 0.0405. The molecule has 1 aliphatic carbocycles. The molecule has 0 aliphatic heterocycles. The number of hydrogen-bond acceptors (Lipinski definition) is 2. The molecule has 2 amide bonds. The second-order valence-corrected chi connectivity index (χ2v) is 6.89. The third-order valence-electron chi connectivity index (χ3n) is 4.72. The van der Waals surface area contributed by atoms with E-state index in [1.807, 2.05) is 25.1 Å². The van der Waals surface area contributed by atoms with Gasteiger partial charge in [-0.1, -0.05) is 56.0 Å². The zero-order valence-electron chi connectivity index (χ0n) is 14.6. The van der Waals surface area contributed by atoms with Crippen LogP contribution in [0.15, 0.2) is 24.3 Å². The topological polar surface area (TPSA) is 49.4 Å². The van der Waals surface area contributed by atoms with Crippen molar-refractivity contribution in [3.05, 3.63) is 34.9 Å². The second kappa shape index (κ2) is 9.07. The number of rotatable bonds is 6. The van der Waals surface area contributed by atoms with Crippen LogP contribution in [0.5, 0.6) is 0 Å². The van der Waals surface area contributed by atoms with Gasteiger partial charge in [0.15, 0.2) is 0 Å². The van der Waals surface area contributed by atoms with Crippen molar-refractivity contribution >= 4 is 23.4 Å². The van der Waals surface area contributed by atoms with Gasteiger partial charge < -0.3 is 10.2 Å².